The highest BCUT2D eigenvalue weighted by atomic mass is 16.4. The number of primary amides is 1. The van der Waals surface area contributed by atoms with E-state index in [1.165, 1.54) is 4.90 Å². The van der Waals surface area contributed by atoms with E-state index in [-0.39, 0.29) is 12.6 Å². The van der Waals surface area contributed by atoms with Gasteiger partial charge in [0.05, 0.1) is 0 Å². The summed E-state index contributed by atoms with van der Waals surface area (Å²) >= 11 is 0. The molecule has 0 aromatic heterocycles. The Balaban J connectivity index is 2.68. The van der Waals surface area contributed by atoms with Gasteiger partial charge < -0.3 is 21.1 Å². The van der Waals surface area contributed by atoms with Crippen molar-refractivity contribution in [2.75, 3.05) is 6.54 Å². The number of carboxylic acids is 1. The molecule has 0 heterocycles. The number of carbonyl (C=O) groups is 3. The Morgan fingerprint density at radius 1 is 1.33 bits per heavy atom. The third kappa shape index (κ3) is 5.61. The second-order valence-electron chi connectivity index (χ2n) is 5.52. The van der Waals surface area contributed by atoms with E-state index in [4.69, 9.17) is 10.8 Å². The Morgan fingerprint density at radius 2 is 1.95 bits per heavy atom. The van der Waals surface area contributed by atoms with Gasteiger partial charge in [0.25, 0.3) is 0 Å². The van der Waals surface area contributed by atoms with Crippen LogP contribution in [0.15, 0.2) is 0 Å². The molecule has 0 aromatic carbocycles. The van der Waals surface area contributed by atoms with Gasteiger partial charge >= 0.3 is 12.0 Å². The van der Waals surface area contributed by atoms with Gasteiger partial charge in [0.15, 0.2) is 0 Å². The van der Waals surface area contributed by atoms with Gasteiger partial charge in [-0.25, -0.2) is 9.59 Å². The van der Waals surface area contributed by atoms with Crippen molar-refractivity contribution in [3.63, 3.8) is 0 Å². The van der Waals surface area contributed by atoms with Gasteiger partial charge in [-0.05, 0) is 19.3 Å². The summed E-state index contributed by atoms with van der Waals surface area (Å²) in [5.74, 6) is -1.64. The maximum absolute atomic E-state index is 12.3. The zero-order valence-electron chi connectivity index (χ0n) is 12.5. The molecule has 4 N–H and O–H groups in total. The first-order valence-electron chi connectivity index (χ1n) is 7.54. The Hall–Kier alpha value is -1.79. The van der Waals surface area contributed by atoms with Crippen molar-refractivity contribution in [1.82, 2.24) is 10.2 Å². The van der Waals surface area contributed by atoms with Crippen molar-refractivity contribution < 1.29 is 19.5 Å². The van der Waals surface area contributed by atoms with Gasteiger partial charge in [-0.3, -0.25) is 4.79 Å². The monoisotopic (exact) mass is 299 g/mol. The number of carbonyl (C=O) groups excluding carboxylic acids is 2. The summed E-state index contributed by atoms with van der Waals surface area (Å²) in [5, 5.41) is 11.7. The number of hydrogen-bond acceptors (Lipinski definition) is 3. The van der Waals surface area contributed by atoms with Gasteiger partial charge in [-0.1, -0.05) is 32.6 Å². The number of carboxylic acid groups (broad SMARTS) is 1. The lowest BCUT2D eigenvalue weighted by Crippen LogP contribution is -2.53. The molecule has 7 heteroatoms. The number of nitrogens with zero attached hydrogens (tertiary/aromatic N) is 1. The quantitative estimate of drug-likeness (QED) is 0.622. The maximum atomic E-state index is 12.3. The highest BCUT2D eigenvalue weighted by Gasteiger charge is 2.30. The SMILES string of the molecule is CCCCC(NC(=O)N(CC(N)=O)C1CCCC1)C(=O)O. The molecular formula is C14H25N3O4. The van der Waals surface area contributed by atoms with Crippen LogP contribution in [0.25, 0.3) is 0 Å². The molecule has 1 saturated carbocycles. The van der Waals surface area contributed by atoms with Crippen molar-refractivity contribution >= 4 is 17.9 Å². The summed E-state index contributed by atoms with van der Waals surface area (Å²) in [5.41, 5.74) is 5.19. The summed E-state index contributed by atoms with van der Waals surface area (Å²) in [7, 11) is 0. The predicted molar refractivity (Wildman–Crippen MR) is 77.6 cm³/mol. The Kier molecular flexibility index (Phi) is 6.98. The molecule has 0 bridgehead atoms. The molecule has 0 spiro atoms. The van der Waals surface area contributed by atoms with E-state index in [1.54, 1.807) is 0 Å². The summed E-state index contributed by atoms with van der Waals surface area (Å²) in [6.07, 6.45) is 5.62. The number of aliphatic carboxylic acids is 1. The average molecular weight is 299 g/mol. The van der Waals surface area contributed by atoms with Crippen molar-refractivity contribution in [1.29, 1.82) is 0 Å². The Bertz CT molecular complexity index is 380. The van der Waals surface area contributed by atoms with E-state index in [0.29, 0.717) is 6.42 Å². The third-order valence-corrected chi connectivity index (χ3v) is 3.79. The summed E-state index contributed by atoms with van der Waals surface area (Å²) < 4.78 is 0. The predicted octanol–water partition coefficient (Wildman–Crippen LogP) is 1.07. The van der Waals surface area contributed by atoms with E-state index in [0.717, 1.165) is 38.5 Å². The standard InChI is InChI=1S/C14H25N3O4/c1-2-3-8-11(13(19)20)16-14(21)17(9-12(15)18)10-6-4-5-7-10/h10-11H,2-9H2,1H3,(H2,15,18)(H,16,21)(H,19,20). The molecule has 1 aliphatic carbocycles. The topological polar surface area (TPSA) is 113 Å². The van der Waals surface area contributed by atoms with Crippen molar-refractivity contribution in [2.45, 2.75) is 64.0 Å². The van der Waals surface area contributed by atoms with Gasteiger partial charge in [0.1, 0.15) is 12.6 Å². The summed E-state index contributed by atoms with van der Waals surface area (Å²) in [4.78, 5) is 36.0. The number of hydrogen-bond donors (Lipinski definition) is 3. The summed E-state index contributed by atoms with van der Waals surface area (Å²) in [6.45, 7) is 1.79. The number of nitrogens with two attached hydrogens (primary N) is 1. The fourth-order valence-corrected chi connectivity index (χ4v) is 2.65. The molecule has 1 atom stereocenters. The van der Waals surface area contributed by atoms with Crippen LogP contribution in [0.2, 0.25) is 0 Å². The van der Waals surface area contributed by atoms with Crippen molar-refractivity contribution in [2.24, 2.45) is 5.73 Å². The molecule has 0 aliphatic heterocycles. The van der Waals surface area contributed by atoms with Gasteiger partial charge in [0.2, 0.25) is 5.91 Å². The second kappa shape index (κ2) is 8.49. The minimum Gasteiger partial charge on any atom is -0.480 e. The van der Waals surface area contributed by atoms with Crippen LogP contribution in [-0.2, 0) is 9.59 Å². The first-order valence-corrected chi connectivity index (χ1v) is 7.54. The highest BCUT2D eigenvalue weighted by molar-refractivity contribution is 5.86. The zero-order chi connectivity index (χ0) is 15.8. The summed E-state index contributed by atoms with van der Waals surface area (Å²) in [6, 6.07) is -1.46. The lowest BCUT2D eigenvalue weighted by atomic mass is 10.1. The lowest BCUT2D eigenvalue weighted by molar-refractivity contribution is -0.139. The molecule has 120 valence electrons. The van der Waals surface area contributed by atoms with E-state index in [9.17, 15) is 14.4 Å². The van der Waals surface area contributed by atoms with E-state index in [2.05, 4.69) is 5.32 Å². The third-order valence-electron chi connectivity index (χ3n) is 3.79. The molecule has 21 heavy (non-hydrogen) atoms. The minimum atomic E-state index is -1.05. The number of nitrogens with one attached hydrogen (secondary N) is 1. The van der Waals surface area contributed by atoms with Crippen molar-refractivity contribution in [3.05, 3.63) is 0 Å². The average Bonchev–Trinajstić information content (AvgIpc) is 2.93. The van der Waals surface area contributed by atoms with Crippen LogP contribution in [0.5, 0.6) is 0 Å². The van der Waals surface area contributed by atoms with Gasteiger partial charge in [0, 0.05) is 6.04 Å². The van der Waals surface area contributed by atoms with Gasteiger partial charge in [-0.15, -0.1) is 0 Å². The molecule has 1 fully saturated rings. The first kappa shape index (κ1) is 17.3. The normalized spacial score (nSPS) is 16.4. The fourth-order valence-electron chi connectivity index (χ4n) is 2.65. The number of amides is 3. The number of unbranched alkanes of at least 4 members (excludes halogenated alkanes) is 1. The van der Waals surface area contributed by atoms with E-state index >= 15 is 0 Å². The van der Waals surface area contributed by atoms with E-state index in [1.807, 2.05) is 6.92 Å². The van der Waals surface area contributed by atoms with E-state index < -0.39 is 23.9 Å². The molecule has 0 radical (unpaired) electrons. The van der Waals surface area contributed by atoms with Crippen LogP contribution >= 0.6 is 0 Å². The second-order valence-corrected chi connectivity index (χ2v) is 5.52. The molecular weight excluding hydrogens is 274 g/mol. The maximum Gasteiger partial charge on any atom is 0.326 e. The van der Waals surface area contributed by atoms with Crippen LogP contribution in [0.3, 0.4) is 0 Å². The van der Waals surface area contributed by atoms with Crippen molar-refractivity contribution in [3.8, 4) is 0 Å². The Morgan fingerprint density at radius 3 is 2.43 bits per heavy atom. The number of rotatable bonds is 8. The van der Waals surface area contributed by atoms with Crippen LogP contribution in [0, 0.1) is 0 Å². The first-order chi connectivity index (χ1) is 9.95. The highest BCUT2D eigenvalue weighted by Crippen LogP contribution is 2.23. The fraction of sp³-hybridized carbons (Fsp3) is 0.786. The smallest absolute Gasteiger partial charge is 0.326 e. The molecule has 0 aromatic rings. The van der Waals surface area contributed by atoms with Crippen LogP contribution in [0.1, 0.15) is 51.9 Å². The molecule has 3 amide bonds. The van der Waals surface area contributed by atoms with Crippen LogP contribution < -0.4 is 11.1 Å². The molecule has 1 unspecified atom stereocenters. The molecule has 1 rings (SSSR count). The molecule has 7 nitrogen and oxygen atoms in total. The Labute approximate surface area is 124 Å². The lowest BCUT2D eigenvalue weighted by Gasteiger charge is -2.29. The number of urea groups is 1. The molecule has 0 saturated heterocycles. The van der Waals surface area contributed by atoms with Gasteiger partial charge in [-0.2, -0.15) is 0 Å². The minimum absolute atomic E-state index is 0.0295. The molecule has 1 aliphatic rings. The van der Waals surface area contributed by atoms with Crippen LogP contribution in [0.4, 0.5) is 4.79 Å². The zero-order valence-corrected chi connectivity index (χ0v) is 12.5. The van der Waals surface area contributed by atoms with Crippen LogP contribution in [-0.4, -0.2) is 46.5 Å². The largest absolute Gasteiger partial charge is 0.480 e.